The third-order valence-electron chi connectivity index (χ3n) is 5.71. The van der Waals surface area contributed by atoms with E-state index in [2.05, 4.69) is 0 Å². The highest BCUT2D eigenvalue weighted by Gasteiger charge is 2.22. The average Bonchev–Trinajstić information content (AvgIpc) is 2.72. The van der Waals surface area contributed by atoms with Gasteiger partial charge in [0.2, 0.25) is 0 Å². The van der Waals surface area contributed by atoms with Crippen molar-refractivity contribution in [3.8, 4) is 17.2 Å². The van der Waals surface area contributed by atoms with Gasteiger partial charge in [-0.2, -0.15) is 5.26 Å². The Morgan fingerprint density at radius 3 is 2.14 bits per heavy atom. The second-order valence-corrected chi connectivity index (χ2v) is 7.47. The molecule has 0 aromatic heterocycles. The van der Waals surface area contributed by atoms with Gasteiger partial charge in [-0.3, -0.25) is 0 Å². The molecule has 3 rings (SSSR count). The first kappa shape index (κ1) is 20.2. The summed E-state index contributed by atoms with van der Waals surface area (Å²) >= 11 is 0. The molecule has 0 saturated heterocycles. The molecular formula is C24H24F3N. The van der Waals surface area contributed by atoms with Gasteiger partial charge >= 0.3 is 0 Å². The molecule has 0 amide bonds. The van der Waals surface area contributed by atoms with Crippen molar-refractivity contribution in [3.05, 3.63) is 71.3 Å². The standard InChI is InChI=1S/C24H24F3N/c25-13-3-1-2-4-17-5-7-18(8-6-17)19-9-11-20(12-10-19)21-14-23(26)22(16-28)24(27)15-21/h1,3,9-12,14-15,17-18H,2,4-8,13H2. The van der Waals surface area contributed by atoms with Crippen molar-refractivity contribution in [2.24, 2.45) is 5.92 Å². The summed E-state index contributed by atoms with van der Waals surface area (Å²) in [4.78, 5) is 0. The third-order valence-corrected chi connectivity index (χ3v) is 5.71. The van der Waals surface area contributed by atoms with Gasteiger partial charge in [0.05, 0.1) is 0 Å². The lowest BCUT2D eigenvalue weighted by Gasteiger charge is -2.28. The second kappa shape index (κ2) is 9.59. The number of hydrogen-bond donors (Lipinski definition) is 0. The number of halogens is 3. The van der Waals surface area contributed by atoms with Crippen molar-refractivity contribution < 1.29 is 13.2 Å². The highest BCUT2D eigenvalue weighted by molar-refractivity contribution is 5.65. The zero-order valence-corrected chi connectivity index (χ0v) is 15.8. The van der Waals surface area contributed by atoms with Crippen molar-refractivity contribution in [2.75, 3.05) is 6.67 Å². The van der Waals surface area contributed by atoms with Crippen LogP contribution < -0.4 is 0 Å². The first-order chi connectivity index (χ1) is 13.6. The molecule has 1 aliphatic rings. The van der Waals surface area contributed by atoms with Crippen LogP contribution in [0, 0.1) is 28.9 Å². The molecule has 28 heavy (non-hydrogen) atoms. The fraction of sp³-hybridized carbons (Fsp3) is 0.375. The van der Waals surface area contributed by atoms with Crippen LogP contribution in [0.15, 0.2) is 48.6 Å². The minimum absolute atomic E-state index is 0.384. The SMILES string of the molecule is N#Cc1c(F)cc(-c2ccc(C3CCC(CCC=CCF)CC3)cc2)cc1F. The van der Waals surface area contributed by atoms with Gasteiger partial charge in [0.25, 0.3) is 0 Å². The van der Waals surface area contributed by atoms with Gasteiger partial charge in [0, 0.05) is 0 Å². The number of allylic oxidation sites excluding steroid dienone is 2. The van der Waals surface area contributed by atoms with Crippen LogP contribution in [0.1, 0.15) is 55.6 Å². The number of alkyl halides is 1. The maximum atomic E-state index is 13.8. The fourth-order valence-corrected chi connectivity index (χ4v) is 4.09. The quantitative estimate of drug-likeness (QED) is 0.489. The van der Waals surface area contributed by atoms with Crippen molar-refractivity contribution in [1.82, 2.24) is 0 Å². The zero-order chi connectivity index (χ0) is 19.9. The van der Waals surface area contributed by atoms with Gasteiger partial charge in [-0.1, -0.05) is 36.4 Å². The molecule has 2 aromatic rings. The molecule has 1 fully saturated rings. The predicted molar refractivity (Wildman–Crippen MR) is 106 cm³/mol. The maximum absolute atomic E-state index is 13.8. The molecule has 2 aromatic carbocycles. The molecule has 0 radical (unpaired) electrons. The highest BCUT2D eigenvalue weighted by atomic mass is 19.1. The minimum Gasteiger partial charge on any atom is -0.247 e. The van der Waals surface area contributed by atoms with Gasteiger partial charge in [-0.15, -0.1) is 0 Å². The largest absolute Gasteiger partial charge is 0.247 e. The Bertz CT molecular complexity index is 833. The van der Waals surface area contributed by atoms with Gasteiger partial charge in [0.15, 0.2) is 0 Å². The monoisotopic (exact) mass is 383 g/mol. The van der Waals surface area contributed by atoms with Gasteiger partial charge in [-0.25, -0.2) is 13.2 Å². The molecule has 4 heteroatoms. The van der Waals surface area contributed by atoms with Crippen LogP contribution in [-0.4, -0.2) is 6.67 Å². The van der Waals surface area contributed by atoms with Crippen molar-refractivity contribution in [1.29, 1.82) is 5.26 Å². The van der Waals surface area contributed by atoms with Crippen molar-refractivity contribution in [2.45, 2.75) is 44.4 Å². The molecule has 1 saturated carbocycles. The van der Waals surface area contributed by atoms with E-state index in [0.29, 0.717) is 17.4 Å². The molecule has 0 atom stereocenters. The van der Waals surface area contributed by atoms with Crippen molar-refractivity contribution >= 4 is 0 Å². The van der Waals surface area contributed by atoms with E-state index >= 15 is 0 Å². The van der Waals surface area contributed by atoms with E-state index in [-0.39, 0.29) is 6.67 Å². The van der Waals surface area contributed by atoms with E-state index in [9.17, 15) is 13.2 Å². The van der Waals surface area contributed by atoms with Crippen LogP contribution in [-0.2, 0) is 0 Å². The van der Waals surface area contributed by atoms with Crippen molar-refractivity contribution in [3.63, 3.8) is 0 Å². The molecular weight excluding hydrogens is 359 g/mol. The Kier molecular flexibility index (Phi) is 6.92. The molecule has 0 N–H and O–H groups in total. The predicted octanol–water partition coefficient (Wildman–Crippen LogP) is 7.08. The first-order valence-corrected chi connectivity index (χ1v) is 9.82. The summed E-state index contributed by atoms with van der Waals surface area (Å²) in [5, 5.41) is 8.78. The summed E-state index contributed by atoms with van der Waals surface area (Å²) in [5.74, 6) is -0.437. The lowest BCUT2D eigenvalue weighted by atomic mass is 9.77. The van der Waals surface area contributed by atoms with Gasteiger partial charge < -0.3 is 0 Å². The van der Waals surface area contributed by atoms with E-state index in [4.69, 9.17) is 5.26 Å². The smallest absolute Gasteiger partial charge is 0.144 e. The summed E-state index contributed by atoms with van der Waals surface area (Å²) in [6.07, 6.45) is 10.2. The van der Waals surface area contributed by atoms with E-state index < -0.39 is 17.2 Å². The Morgan fingerprint density at radius 1 is 0.929 bits per heavy atom. The third kappa shape index (κ3) is 4.84. The molecule has 0 bridgehead atoms. The van der Waals surface area contributed by atoms with E-state index in [1.54, 1.807) is 12.1 Å². The lowest BCUT2D eigenvalue weighted by molar-refractivity contribution is 0.312. The molecule has 0 spiro atoms. The number of rotatable bonds is 6. The van der Waals surface area contributed by atoms with Gasteiger partial charge in [-0.05, 0) is 79.2 Å². The summed E-state index contributed by atoms with van der Waals surface area (Å²) in [6, 6.07) is 11.8. The number of nitrogens with zero attached hydrogens (tertiary/aromatic N) is 1. The number of benzene rings is 2. The number of nitriles is 1. The van der Waals surface area contributed by atoms with E-state index in [0.717, 1.165) is 31.2 Å². The highest BCUT2D eigenvalue weighted by Crippen LogP contribution is 2.38. The van der Waals surface area contributed by atoms with Crippen LogP contribution in [0.5, 0.6) is 0 Å². The molecule has 0 unspecified atom stereocenters. The van der Waals surface area contributed by atoms with Crippen LogP contribution >= 0.6 is 0 Å². The second-order valence-electron chi connectivity index (χ2n) is 7.47. The van der Waals surface area contributed by atoms with E-state index in [1.807, 2.05) is 30.3 Å². The number of hydrogen-bond acceptors (Lipinski definition) is 1. The summed E-state index contributed by atoms with van der Waals surface area (Å²) < 4.78 is 39.8. The Morgan fingerprint density at radius 2 is 1.57 bits per heavy atom. The summed E-state index contributed by atoms with van der Waals surface area (Å²) in [6.45, 7) is -0.384. The average molecular weight is 383 g/mol. The molecule has 146 valence electrons. The van der Waals surface area contributed by atoms with Crippen LogP contribution in [0.2, 0.25) is 0 Å². The molecule has 1 aliphatic carbocycles. The first-order valence-electron chi connectivity index (χ1n) is 9.82. The maximum Gasteiger partial charge on any atom is 0.144 e. The van der Waals surface area contributed by atoms with Crippen LogP contribution in [0.3, 0.4) is 0 Å². The lowest BCUT2D eigenvalue weighted by Crippen LogP contribution is -2.13. The molecule has 1 nitrogen and oxygen atoms in total. The van der Waals surface area contributed by atoms with Gasteiger partial charge in [0.1, 0.15) is 29.9 Å². The minimum atomic E-state index is -0.832. The van der Waals surface area contributed by atoms with Crippen LogP contribution in [0.25, 0.3) is 11.1 Å². The normalized spacial score (nSPS) is 19.6. The summed E-state index contributed by atoms with van der Waals surface area (Å²) in [5.41, 5.74) is 1.89. The van der Waals surface area contributed by atoms with E-state index in [1.165, 1.54) is 30.5 Å². The summed E-state index contributed by atoms with van der Waals surface area (Å²) in [7, 11) is 0. The topological polar surface area (TPSA) is 23.8 Å². The Balaban J connectivity index is 1.61. The zero-order valence-electron chi connectivity index (χ0n) is 15.8. The molecule has 0 aliphatic heterocycles. The Labute approximate surface area is 164 Å². The van der Waals surface area contributed by atoms with Crippen LogP contribution in [0.4, 0.5) is 13.2 Å². The molecule has 0 heterocycles. The fourth-order valence-electron chi connectivity index (χ4n) is 4.09. The Hall–Kier alpha value is -2.54.